The van der Waals surface area contributed by atoms with Crippen LogP contribution in [-0.2, 0) is 6.61 Å². The first-order valence-electron chi connectivity index (χ1n) is 9.57. The highest BCUT2D eigenvalue weighted by Crippen LogP contribution is 2.25. The van der Waals surface area contributed by atoms with Crippen LogP contribution in [0.25, 0.3) is 11.0 Å². The Morgan fingerprint density at radius 2 is 1.94 bits per heavy atom. The molecule has 8 nitrogen and oxygen atoms in total. The Morgan fingerprint density at radius 1 is 1.15 bits per heavy atom. The molecule has 10 heteroatoms. The highest BCUT2D eigenvalue weighted by atomic mass is 127. The first kappa shape index (κ1) is 22.9. The molecule has 0 aliphatic carbocycles. The highest BCUT2D eigenvalue weighted by Gasteiger charge is 2.14. The van der Waals surface area contributed by atoms with Gasteiger partial charge in [0, 0.05) is 22.0 Å². The van der Waals surface area contributed by atoms with E-state index in [4.69, 9.17) is 9.15 Å². The topological polar surface area (TPSA) is 107 Å². The molecular weight excluding hydrogens is 605 g/mol. The standard InChI is InChI=1S/C23H15BrIN3O5/c24-17-4-1-14(2-5-17)13-32-21-7-3-15(9-19(21)25)12-26-27-23(29)22-11-16-10-18(28(30)31)6-8-20(16)33-22/h1-12H,13H2,(H,27,29)/b26-12-. The normalized spacial score (nSPS) is 11.1. The molecular formula is C23H15BrIN3O5. The van der Waals surface area contributed by atoms with E-state index in [2.05, 4.69) is 49.0 Å². The molecule has 1 aromatic heterocycles. The number of nitro benzene ring substituents is 1. The second-order valence-electron chi connectivity index (χ2n) is 6.89. The van der Waals surface area contributed by atoms with Gasteiger partial charge in [-0.3, -0.25) is 14.9 Å². The summed E-state index contributed by atoms with van der Waals surface area (Å²) in [6.45, 7) is 0.452. The van der Waals surface area contributed by atoms with Crippen LogP contribution >= 0.6 is 38.5 Å². The van der Waals surface area contributed by atoms with Crippen LogP contribution in [0, 0.1) is 13.7 Å². The lowest BCUT2D eigenvalue weighted by atomic mass is 10.2. The molecule has 0 unspecified atom stereocenters. The van der Waals surface area contributed by atoms with Crippen LogP contribution in [0.3, 0.4) is 0 Å². The number of furan rings is 1. The van der Waals surface area contributed by atoms with Crippen molar-refractivity contribution >= 4 is 67.3 Å². The number of halogens is 2. The second-order valence-corrected chi connectivity index (χ2v) is 8.97. The Labute approximate surface area is 210 Å². The minimum atomic E-state index is -0.561. The van der Waals surface area contributed by atoms with Gasteiger partial charge >= 0.3 is 5.91 Å². The fraction of sp³-hybridized carbons (Fsp3) is 0.0435. The molecule has 1 amide bonds. The molecule has 1 heterocycles. The maximum atomic E-state index is 12.3. The third-order valence-electron chi connectivity index (χ3n) is 4.58. The molecule has 0 aliphatic rings. The zero-order chi connectivity index (χ0) is 23.4. The zero-order valence-electron chi connectivity index (χ0n) is 16.8. The van der Waals surface area contributed by atoms with Crippen LogP contribution in [0.5, 0.6) is 5.75 Å². The summed E-state index contributed by atoms with van der Waals surface area (Å²) in [6, 6.07) is 19.0. The van der Waals surface area contributed by atoms with Crippen molar-refractivity contribution in [2.45, 2.75) is 6.61 Å². The lowest BCUT2D eigenvalue weighted by Gasteiger charge is -2.09. The van der Waals surface area contributed by atoms with Gasteiger partial charge in [0.15, 0.2) is 5.76 Å². The van der Waals surface area contributed by atoms with Crippen molar-refractivity contribution in [1.29, 1.82) is 0 Å². The highest BCUT2D eigenvalue weighted by molar-refractivity contribution is 14.1. The molecule has 0 atom stereocenters. The number of hydrogen-bond acceptors (Lipinski definition) is 6. The number of fused-ring (bicyclic) bond motifs is 1. The number of carbonyl (C=O) groups is 1. The predicted molar refractivity (Wildman–Crippen MR) is 136 cm³/mol. The van der Waals surface area contributed by atoms with E-state index in [1.807, 2.05) is 42.5 Å². The van der Waals surface area contributed by atoms with Crippen molar-refractivity contribution in [3.8, 4) is 5.75 Å². The molecule has 3 aromatic carbocycles. The van der Waals surface area contributed by atoms with Gasteiger partial charge in [-0.2, -0.15) is 5.10 Å². The van der Waals surface area contributed by atoms with Crippen molar-refractivity contribution in [2.75, 3.05) is 0 Å². The summed E-state index contributed by atoms with van der Waals surface area (Å²) in [4.78, 5) is 22.7. The summed E-state index contributed by atoms with van der Waals surface area (Å²) in [5, 5.41) is 15.3. The first-order valence-corrected chi connectivity index (χ1v) is 11.4. The van der Waals surface area contributed by atoms with Gasteiger partial charge < -0.3 is 9.15 Å². The molecule has 33 heavy (non-hydrogen) atoms. The molecule has 0 radical (unpaired) electrons. The van der Waals surface area contributed by atoms with E-state index < -0.39 is 10.8 Å². The Balaban J connectivity index is 1.37. The molecule has 0 spiro atoms. The van der Waals surface area contributed by atoms with Crippen molar-refractivity contribution in [3.63, 3.8) is 0 Å². The number of nitrogens with zero attached hydrogens (tertiary/aromatic N) is 2. The van der Waals surface area contributed by atoms with Crippen molar-refractivity contribution in [3.05, 3.63) is 102 Å². The maximum Gasteiger partial charge on any atom is 0.307 e. The number of amides is 1. The van der Waals surface area contributed by atoms with Crippen molar-refractivity contribution < 1.29 is 18.9 Å². The molecule has 1 N–H and O–H groups in total. The lowest BCUT2D eigenvalue weighted by Crippen LogP contribution is -2.16. The largest absolute Gasteiger partial charge is 0.488 e. The Bertz CT molecular complexity index is 1370. The monoisotopic (exact) mass is 619 g/mol. The van der Waals surface area contributed by atoms with Crippen LogP contribution in [0.4, 0.5) is 5.69 Å². The third-order valence-corrected chi connectivity index (χ3v) is 5.95. The van der Waals surface area contributed by atoms with Gasteiger partial charge in [-0.1, -0.05) is 28.1 Å². The Morgan fingerprint density at radius 3 is 2.67 bits per heavy atom. The summed E-state index contributed by atoms with van der Waals surface area (Å²) < 4.78 is 13.2. The van der Waals surface area contributed by atoms with Gasteiger partial charge in [-0.05, 0) is 76.2 Å². The molecule has 0 saturated carbocycles. The number of hydrogen-bond donors (Lipinski definition) is 1. The summed E-state index contributed by atoms with van der Waals surface area (Å²) >= 11 is 5.59. The van der Waals surface area contributed by atoms with Crippen LogP contribution in [0.1, 0.15) is 21.7 Å². The second kappa shape index (κ2) is 10.1. The molecule has 4 aromatic rings. The van der Waals surface area contributed by atoms with Gasteiger partial charge in [-0.25, -0.2) is 5.43 Å². The fourth-order valence-electron chi connectivity index (χ4n) is 2.93. The van der Waals surface area contributed by atoms with Gasteiger partial charge in [0.25, 0.3) is 5.69 Å². The van der Waals surface area contributed by atoms with E-state index in [1.54, 1.807) is 0 Å². The van der Waals surface area contributed by atoms with Crippen molar-refractivity contribution in [1.82, 2.24) is 5.43 Å². The summed E-state index contributed by atoms with van der Waals surface area (Å²) in [5.41, 5.74) is 4.53. The van der Waals surface area contributed by atoms with E-state index in [-0.39, 0.29) is 11.4 Å². The number of ether oxygens (including phenoxy) is 1. The van der Waals surface area contributed by atoms with Crippen LogP contribution in [0.2, 0.25) is 0 Å². The van der Waals surface area contributed by atoms with Gasteiger partial charge in [0.05, 0.1) is 14.7 Å². The van der Waals surface area contributed by atoms with Crippen molar-refractivity contribution in [2.24, 2.45) is 5.10 Å². The number of carbonyl (C=O) groups excluding carboxylic acids is 1. The minimum Gasteiger partial charge on any atom is -0.488 e. The van der Waals surface area contributed by atoms with Crippen LogP contribution in [0.15, 0.2) is 80.7 Å². The van der Waals surface area contributed by atoms with E-state index in [9.17, 15) is 14.9 Å². The van der Waals surface area contributed by atoms with Gasteiger partial charge in [-0.15, -0.1) is 0 Å². The SMILES string of the molecule is O=C(N/N=C\c1ccc(OCc2ccc(Br)cc2)c(I)c1)c1cc2cc([N+](=O)[O-])ccc2o1. The molecule has 0 aliphatic heterocycles. The molecule has 0 bridgehead atoms. The lowest BCUT2D eigenvalue weighted by molar-refractivity contribution is -0.384. The van der Waals surface area contributed by atoms with Crippen LogP contribution < -0.4 is 10.2 Å². The number of nitro groups is 1. The predicted octanol–water partition coefficient (Wildman–Crippen LogP) is 6.05. The number of hydrazone groups is 1. The smallest absolute Gasteiger partial charge is 0.307 e. The number of rotatable bonds is 7. The van der Waals surface area contributed by atoms with E-state index in [1.165, 1.54) is 30.5 Å². The molecule has 0 saturated heterocycles. The Kier molecular flexibility index (Phi) is 7.04. The third kappa shape index (κ3) is 5.76. The maximum absolute atomic E-state index is 12.3. The first-order chi connectivity index (χ1) is 15.9. The molecule has 0 fully saturated rings. The zero-order valence-corrected chi connectivity index (χ0v) is 20.6. The average Bonchev–Trinajstić information content (AvgIpc) is 3.23. The summed E-state index contributed by atoms with van der Waals surface area (Å²) in [6.07, 6.45) is 1.51. The number of benzene rings is 3. The summed E-state index contributed by atoms with van der Waals surface area (Å²) in [7, 11) is 0. The van der Waals surface area contributed by atoms with Gasteiger partial charge in [0.2, 0.25) is 0 Å². The Hall–Kier alpha value is -3.25. The van der Waals surface area contributed by atoms with Crippen LogP contribution in [-0.4, -0.2) is 17.0 Å². The van der Waals surface area contributed by atoms with E-state index in [0.717, 1.165) is 24.9 Å². The number of nitrogens with one attached hydrogen (secondary N) is 1. The molecule has 166 valence electrons. The molecule has 4 rings (SSSR count). The number of non-ortho nitro benzene ring substituents is 1. The van der Waals surface area contributed by atoms with Gasteiger partial charge in [0.1, 0.15) is 17.9 Å². The van der Waals surface area contributed by atoms with E-state index in [0.29, 0.717) is 17.6 Å². The van der Waals surface area contributed by atoms with E-state index >= 15 is 0 Å². The minimum absolute atomic E-state index is 0.00826. The quantitative estimate of drug-likeness (QED) is 0.117. The fourth-order valence-corrected chi connectivity index (χ4v) is 3.89. The summed E-state index contributed by atoms with van der Waals surface area (Å²) in [5.74, 6) is 0.194. The average molecular weight is 620 g/mol.